The maximum absolute atomic E-state index is 12.3. The molecule has 2 aromatic rings. The normalized spacial score (nSPS) is 21.5. The standard InChI is InChI=1S/C16H21N3O3S2/c1-17(2)24(21,22)13-7-8-16(20)19(11-13)12-18-9-3-5-14(18)15-6-4-10-23-15/h4,6-8,10-11,14H,3,5,9,12H2,1-2H3/p+1/t14-/m0/s1. The third kappa shape index (κ3) is 3.32. The molecule has 130 valence electrons. The summed E-state index contributed by atoms with van der Waals surface area (Å²) in [5.74, 6) is 0. The van der Waals surface area contributed by atoms with Crippen LogP contribution in [0.2, 0.25) is 0 Å². The van der Waals surface area contributed by atoms with Crippen molar-refractivity contribution in [3.8, 4) is 0 Å². The zero-order valence-electron chi connectivity index (χ0n) is 13.8. The molecule has 0 bridgehead atoms. The monoisotopic (exact) mass is 368 g/mol. The summed E-state index contributed by atoms with van der Waals surface area (Å²) in [6, 6.07) is 7.28. The fraction of sp³-hybridized carbons (Fsp3) is 0.438. The summed E-state index contributed by atoms with van der Waals surface area (Å²) in [6.07, 6.45) is 3.68. The second-order valence-corrected chi connectivity index (χ2v) is 9.37. The zero-order valence-corrected chi connectivity index (χ0v) is 15.4. The van der Waals surface area contributed by atoms with E-state index in [0.717, 1.165) is 23.7 Å². The van der Waals surface area contributed by atoms with Crippen molar-refractivity contribution >= 4 is 21.4 Å². The Morgan fingerprint density at radius 3 is 2.79 bits per heavy atom. The van der Waals surface area contributed by atoms with Crippen molar-refractivity contribution in [2.45, 2.75) is 30.4 Å². The van der Waals surface area contributed by atoms with E-state index in [-0.39, 0.29) is 10.5 Å². The molecule has 1 N–H and O–H groups in total. The molecule has 1 unspecified atom stereocenters. The summed E-state index contributed by atoms with van der Waals surface area (Å²) >= 11 is 1.74. The number of thiophene rings is 1. The van der Waals surface area contributed by atoms with E-state index >= 15 is 0 Å². The van der Waals surface area contributed by atoms with E-state index in [1.807, 2.05) is 6.07 Å². The Hall–Kier alpha value is -1.48. The number of nitrogens with zero attached hydrogens (tertiary/aromatic N) is 2. The molecule has 1 aliphatic rings. The van der Waals surface area contributed by atoms with Crippen LogP contribution < -0.4 is 10.5 Å². The number of nitrogens with one attached hydrogen (secondary N) is 1. The molecule has 0 spiro atoms. The Kier molecular flexibility index (Phi) is 4.91. The van der Waals surface area contributed by atoms with Gasteiger partial charge >= 0.3 is 0 Å². The van der Waals surface area contributed by atoms with Gasteiger partial charge in [0.05, 0.1) is 16.3 Å². The van der Waals surface area contributed by atoms with Crippen LogP contribution in [0.1, 0.15) is 23.8 Å². The average Bonchev–Trinajstić information content (AvgIpc) is 3.19. The minimum absolute atomic E-state index is 0.151. The van der Waals surface area contributed by atoms with Gasteiger partial charge in [0, 0.05) is 39.2 Å². The van der Waals surface area contributed by atoms with Crippen molar-refractivity contribution < 1.29 is 13.3 Å². The van der Waals surface area contributed by atoms with E-state index in [1.165, 1.54) is 46.8 Å². The van der Waals surface area contributed by atoms with Crippen LogP contribution in [0, 0.1) is 0 Å². The van der Waals surface area contributed by atoms with Gasteiger partial charge in [-0.25, -0.2) is 12.7 Å². The van der Waals surface area contributed by atoms with Gasteiger partial charge in [-0.2, -0.15) is 0 Å². The lowest BCUT2D eigenvalue weighted by atomic mass is 10.2. The molecular weight excluding hydrogens is 346 g/mol. The SMILES string of the molecule is CN(C)S(=O)(=O)c1ccc(=O)n(C[NH+]2CCC[C@H]2c2cccs2)c1. The Morgan fingerprint density at radius 1 is 1.33 bits per heavy atom. The Bertz CT molecular complexity index is 857. The summed E-state index contributed by atoms with van der Waals surface area (Å²) < 4.78 is 27.3. The maximum atomic E-state index is 12.3. The molecule has 0 radical (unpaired) electrons. The van der Waals surface area contributed by atoms with Gasteiger partial charge < -0.3 is 4.90 Å². The van der Waals surface area contributed by atoms with E-state index in [2.05, 4.69) is 11.4 Å². The van der Waals surface area contributed by atoms with Crippen LogP contribution in [0.25, 0.3) is 0 Å². The highest BCUT2D eigenvalue weighted by Gasteiger charge is 2.31. The van der Waals surface area contributed by atoms with Gasteiger partial charge in [-0.15, -0.1) is 11.3 Å². The number of hydrogen-bond donors (Lipinski definition) is 1. The summed E-state index contributed by atoms with van der Waals surface area (Å²) in [5, 5.41) is 2.07. The van der Waals surface area contributed by atoms with Crippen LogP contribution >= 0.6 is 11.3 Å². The number of pyridine rings is 1. The molecule has 0 amide bonds. The number of aromatic nitrogens is 1. The average molecular weight is 369 g/mol. The van der Waals surface area contributed by atoms with Gasteiger partial charge in [0.2, 0.25) is 10.0 Å². The van der Waals surface area contributed by atoms with Crippen molar-refractivity contribution in [3.63, 3.8) is 0 Å². The lowest BCUT2D eigenvalue weighted by Crippen LogP contribution is -3.09. The molecule has 1 fully saturated rings. The lowest BCUT2D eigenvalue weighted by Gasteiger charge is -2.22. The van der Waals surface area contributed by atoms with Gasteiger partial charge in [0.1, 0.15) is 6.04 Å². The smallest absolute Gasteiger partial charge is 0.254 e. The first-order chi connectivity index (χ1) is 11.4. The van der Waals surface area contributed by atoms with Crippen LogP contribution in [-0.2, 0) is 16.7 Å². The highest BCUT2D eigenvalue weighted by molar-refractivity contribution is 7.89. The largest absolute Gasteiger partial charge is 0.311 e. The van der Waals surface area contributed by atoms with Crippen LogP contribution in [0.5, 0.6) is 0 Å². The molecular formula is C16H22N3O3S2+. The molecule has 3 rings (SSSR count). The second-order valence-electron chi connectivity index (χ2n) is 6.24. The third-order valence-electron chi connectivity index (χ3n) is 4.48. The molecule has 24 heavy (non-hydrogen) atoms. The first-order valence-corrected chi connectivity index (χ1v) is 10.2. The number of quaternary nitrogens is 1. The molecule has 3 heterocycles. The third-order valence-corrected chi connectivity index (χ3v) is 7.26. The predicted octanol–water partition coefficient (Wildman–Crippen LogP) is 0.538. The maximum Gasteiger partial charge on any atom is 0.254 e. The first kappa shape index (κ1) is 17.3. The van der Waals surface area contributed by atoms with Crippen LogP contribution in [0.4, 0.5) is 0 Å². The molecule has 0 aromatic carbocycles. The summed E-state index contributed by atoms with van der Waals surface area (Å²) in [6.45, 7) is 1.47. The second kappa shape index (κ2) is 6.79. The first-order valence-electron chi connectivity index (χ1n) is 7.90. The molecule has 0 saturated carbocycles. The van der Waals surface area contributed by atoms with Crippen LogP contribution in [0.15, 0.2) is 45.5 Å². The highest BCUT2D eigenvalue weighted by atomic mass is 32.2. The molecule has 6 nitrogen and oxygen atoms in total. The summed E-state index contributed by atoms with van der Waals surface area (Å²) in [4.78, 5) is 15.0. The van der Waals surface area contributed by atoms with E-state index in [0.29, 0.717) is 12.7 Å². The number of rotatable bonds is 5. The fourth-order valence-electron chi connectivity index (χ4n) is 3.15. The fourth-order valence-corrected chi connectivity index (χ4v) is 4.99. The molecule has 1 aliphatic heterocycles. The minimum atomic E-state index is -3.54. The van der Waals surface area contributed by atoms with Crippen LogP contribution in [0.3, 0.4) is 0 Å². The van der Waals surface area contributed by atoms with Crippen molar-refractivity contribution in [2.24, 2.45) is 0 Å². The van der Waals surface area contributed by atoms with E-state index in [1.54, 1.807) is 11.3 Å². The number of hydrogen-bond acceptors (Lipinski definition) is 4. The molecule has 2 aromatic heterocycles. The van der Waals surface area contributed by atoms with Crippen molar-refractivity contribution in [1.82, 2.24) is 8.87 Å². The Morgan fingerprint density at radius 2 is 2.12 bits per heavy atom. The molecule has 1 saturated heterocycles. The van der Waals surface area contributed by atoms with Gasteiger partial charge in [0.25, 0.3) is 5.56 Å². The minimum Gasteiger partial charge on any atom is -0.311 e. The predicted molar refractivity (Wildman–Crippen MR) is 93.7 cm³/mol. The highest BCUT2D eigenvalue weighted by Crippen LogP contribution is 2.23. The topological polar surface area (TPSA) is 63.8 Å². The molecule has 8 heteroatoms. The van der Waals surface area contributed by atoms with Gasteiger partial charge in [-0.1, -0.05) is 6.07 Å². The van der Waals surface area contributed by atoms with Crippen molar-refractivity contribution in [2.75, 3.05) is 20.6 Å². The van der Waals surface area contributed by atoms with Crippen LogP contribution in [-0.4, -0.2) is 37.9 Å². The van der Waals surface area contributed by atoms with Gasteiger partial charge in [0.15, 0.2) is 6.67 Å². The summed E-state index contributed by atoms with van der Waals surface area (Å²) in [5.41, 5.74) is -0.169. The van der Waals surface area contributed by atoms with Crippen molar-refractivity contribution in [1.29, 1.82) is 0 Å². The van der Waals surface area contributed by atoms with E-state index in [9.17, 15) is 13.2 Å². The van der Waals surface area contributed by atoms with Gasteiger partial charge in [-0.3, -0.25) is 9.36 Å². The van der Waals surface area contributed by atoms with Crippen molar-refractivity contribution in [3.05, 3.63) is 51.1 Å². The Labute approximate surface area is 146 Å². The molecule has 2 atom stereocenters. The van der Waals surface area contributed by atoms with E-state index < -0.39 is 10.0 Å². The molecule has 0 aliphatic carbocycles. The van der Waals surface area contributed by atoms with Gasteiger partial charge in [-0.05, 0) is 17.5 Å². The quantitative estimate of drug-likeness (QED) is 0.838. The van der Waals surface area contributed by atoms with E-state index in [4.69, 9.17) is 0 Å². The zero-order chi connectivity index (χ0) is 17.3. The number of likely N-dealkylation sites (tertiary alicyclic amines) is 1. The Balaban J connectivity index is 1.89. The summed E-state index contributed by atoms with van der Waals surface area (Å²) in [7, 11) is -0.561. The lowest BCUT2D eigenvalue weighted by molar-refractivity contribution is -0.940. The number of sulfonamides is 1.